The molecule has 0 unspecified atom stereocenters. The van der Waals surface area contributed by atoms with Gasteiger partial charge in [-0.05, 0) is 18.3 Å². The van der Waals surface area contributed by atoms with Gasteiger partial charge in [0, 0.05) is 0 Å². The average molecular weight is 183 g/mol. The summed E-state index contributed by atoms with van der Waals surface area (Å²) in [6, 6.07) is 0. The third-order valence-corrected chi connectivity index (χ3v) is 2.01. The predicted octanol–water partition coefficient (Wildman–Crippen LogP) is 3.32. The lowest BCUT2D eigenvalue weighted by Gasteiger charge is -2.17. The highest BCUT2D eigenvalue weighted by molar-refractivity contribution is 5.32. The van der Waals surface area contributed by atoms with Gasteiger partial charge >= 0.3 is 0 Å². The van der Waals surface area contributed by atoms with Crippen molar-refractivity contribution in [1.29, 1.82) is 0 Å². The number of rotatable bonds is 6. The summed E-state index contributed by atoms with van der Waals surface area (Å²) in [4.78, 5) is 13.2. The summed E-state index contributed by atoms with van der Waals surface area (Å²) in [7, 11) is 0. The summed E-state index contributed by atoms with van der Waals surface area (Å²) in [6.45, 7) is 7.45. The SMILES string of the molecule is CC(C)(C)CCCCCCN=C=O. The Morgan fingerprint density at radius 2 is 1.69 bits per heavy atom. The van der Waals surface area contributed by atoms with Crippen LogP contribution in [0.4, 0.5) is 0 Å². The molecule has 0 aliphatic heterocycles. The van der Waals surface area contributed by atoms with Crippen LogP contribution in [-0.2, 0) is 4.79 Å². The van der Waals surface area contributed by atoms with E-state index in [2.05, 4.69) is 25.8 Å². The molecule has 0 N–H and O–H groups in total. The first kappa shape index (κ1) is 12.4. The maximum absolute atomic E-state index is 9.73. The first-order valence-corrected chi connectivity index (χ1v) is 5.10. The molecular formula is C11H21NO. The molecule has 0 aliphatic carbocycles. The van der Waals surface area contributed by atoms with Crippen molar-refractivity contribution in [2.75, 3.05) is 6.54 Å². The Morgan fingerprint density at radius 3 is 2.23 bits per heavy atom. The third kappa shape index (κ3) is 11.4. The van der Waals surface area contributed by atoms with Crippen molar-refractivity contribution in [1.82, 2.24) is 0 Å². The number of carbonyl (C=O) groups excluding carboxylic acids is 1. The Morgan fingerprint density at radius 1 is 1.08 bits per heavy atom. The average Bonchev–Trinajstić information content (AvgIpc) is 2.01. The lowest BCUT2D eigenvalue weighted by atomic mass is 9.89. The van der Waals surface area contributed by atoms with E-state index >= 15 is 0 Å². The van der Waals surface area contributed by atoms with Gasteiger partial charge in [-0.25, -0.2) is 9.79 Å². The lowest BCUT2D eigenvalue weighted by molar-refractivity contribution is 0.357. The third-order valence-electron chi connectivity index (χ3n) is 2.01. The maximum atomic E-state index is 9.73. The van der Waals surface area contributed by atoms with Crippen molar-refractivity contribution in [3.63, 3.8) is 0 Å². The predicted molar refractivity (Wildman–Crippen MR) is 55.5 cm³/mol. The van der Waals surface area contributed by atoms with Crippen molar-refractivity contribution in [2.24, 2.45) is 10.4 Å². The molecule has 0 aromatic heterocycles. The van der Waals surface area contributed by atoms with E-state index in [1.807, 2.05) is 0 Å². The van der Waals surface area contributed by atoms with E-state index in [-0.39, 0.29) is 0 Å². The minimum absolute atomic E-state index is 0.459. The summed E-state index contributed by atoms with van der Waals surface area (Å²) in [5.41, 5.74) is 0.459. The lowest BCUT2D eigenvalue weighted by Crippen LogP contribution is -2.03. The van der Waals surface area contributed by atoms with Crippen LogP contribution in [0.25, 0.3) is 0 Å². The monoisotopic (exact) mass is 183 g/mol. The second kappa shape index (κ2) is 6.85. The molecule has 0 aromatic rings. The van der Waals surface area contributed by atoms with Gasteiger partial charge in [-0.1, -0.05) is 40.0 Å². The van der Waals surface area contributed by atoms with E-state index in [0.717, 1.165) is 6.42 Å². The van der Waals surface area contributed by atoms with Gasteiger partial charge in [0.25, 0.3) is 0 Å². The van der Waals surface area contributed by atoms with Crippen LogP contribution < -0.4 is 0 Å². The Labute approximate surface area is 81.4 Å². The fourth-order valence-electron chi connectivity index (χ4n) is 1.25. The van der Waals surface area contributed by atoms with Gasteiger partial charge in [0.1, 0.15) is 0 Å². The fraction of sp³-hybridized carbons (Fsp3) is 0.909. The van der Waals surface area contributed by atoms with Crippen LogP contribution in [0.2, 0.25) is 0 Å². The highest BCUT2D eigenvalue weighted by Crippen LogP contribution is 2.22. The zero-order chi connectivity index (χ0) is 10.2. The highest BCUT2D eigenvalue weighted by atomic mass is 16.1. The second-order valence-corrected chi connectivity index (χ2v) is 4.70. The molecule has 76 valence electrons. The van der Waals surface area contributed by atoms with Gasteiger partial charge in [-0.2, -0.15) is 0 Å². The number of unbranched alkanes of at least 4 members (excludes halogenated alkanes) is 3. The highest BCUT2D eigenvalue weighted by Gasteiger charge is 2.08. The normalized spacial score (nSPS) is 11.0. The number of nitrogens with zero attached hydrogens (tertiary/aromatic N) is 1. The van der Waals surface area contributed by atoms with Crippen molar-refractivity contribution < 1.29 is 4.79 Å². The molecule has 2 nitrogen and oxygen atoms in total. The minimum Gasteiger partial charge on any atom is -0.211 e. The van der Waals surface area contributed by atoms with Crippen molar-refractivity contribution in [3.8, 4) is 0 Å². The van der Waals surface area contributed by atoms with Crippen molar-refractivity contribution in [2.45, 2.75) is 52.9 Å². The Bertz CT molecular complexity index is 163. The van der Waals surface area contributed by atoms with Crippen molar-refractivity contribution in [3.05, 3.63) is 0 Å². The van der Waals surface area contributed by atoms with E-state index in [1.54, 1.807) is 6.08 Å². The quantitative estimate of drug-likeness (QED) is 0.353. The van der Waals surface area contributed by atoms with Gasteiger partial charge in [0.2, 0.25) is 6.08 Å². The van der Waals surface area contributed by atoms with Gasteiger partial charge in [-0.15, -0.1) is 0 Å². The van der Waals surface area contributed by atoms with Gasteiger partial charge in [0.15, 0.2) is 0 Å². The summed E-state index contributed by atoms with van der Waals surface area (Å²) >= 11 is 0. The number of isocyanates is 1. The Kier molecular flexibility index (Phi) is 6.52. The summed E-state index contributed by atoms with van der Waals surface area (Å²) in [5, 5.41) is 0. The molecule has 0 rings (SSSR count). The van der Waals surface area contributed by atoms with Crippen LogP contribution in [-0.4, -0.2) is 12.6 Å². The molecule has 2 heteroatoms. The number of hydrogen-bond acceptors (Lipinski definition) is 2. The molecule has 0 bridgehead atoms. The van der Waals surface area contributed by atoms with Crippen LogP contribution in [0.1, 0.15) is 52.9 Å². The Hall–Kier alpha value is -0.620. The van der Waals surface area contributed by atoms with Crippen LogP contribution in [0.15, 0.2) is 4.99 Å². The molecule has 0 aliphatic rings. The molecule has 0 aromatic carbocycles. The largest absolute Gasteiger partial charge is 0.234 e. The molecule has 0 radical (unpaired) electrons. The van der Waals surface area contributed by atoms with Gasteiger partial charge in [-0.3, -0.25) is 0 Å². The molecular weight excluding hydrogens is 162 g/mol. The maximum Gasteiger partial charge on any atom is 0.234 e. The van der Waals surface area contributed by atoms with E-state index in [0.29, 0.717) is 12.0 Å². The summed E-state index contributed by atoms with van der Waals surface area (Å²) < 4.78 is 0. The second-order valence-electron chi connectivity index (χ2n) is 4.70. The molecule has 0 amide bonds. The standard InChI is InChI=1S/C11H21NO/c1-11(2,3)8-6-4-5-7-9-12-10-13/h4-9H2,1-3H3. The Balaban J connectivity index is 3.13. The molecule has 0 saturated carbocycles. The first-order chi connectivity index (χ1) is 6.06. The molecule has 0 spiro atoms. The summed E-state index contributed by atoms with van der Waals surface area (Å²) in [5.74, 6) is 0. The van der Waals surface area contributed by atoms with Crippen LogP contribution in [0.5, 0.6) is 0 Å². The van der Waals surface area contributed by atoms with E-state index in [4.69, 9.17) is 0 Å². The van der Waals surface area contributed by atoms with Gasteiger partial charge in [0.05, 0.1) is 6.54 Å². The van der Waals surface area contributed by atoms with E-state index in [1.165, 1.54) is 25.7 Å². The number of hydrogen-bond donors (Lipinski definition) is 0. The minimum atomic E-state index is 0.459. The van der Waals surface area contributed by atoms with E-state index < -0.39 is 0 Å². The summed E-state index contributed by atoms with van der Waals surface area (Å²) in [6.07, 6.45) is 7.59. The molecule has 0 saturated heterocycles. The number of aliphatic imine (C=N–C) groups is 1. The van der Waals surface area contributed by atoms with Crippen LogP contribution >= 0.6 is 0 Å². The zero-order valence-corrected chi connectivity index (χ0v) is 9.10. The fourth-order valence-corrected chi connectivity index (χ4v) is 1.25. The van der Waals surface area contributed by atoms with Crippen LogP contribution in [0, 0.1) is 5.41 Å². The first-order valence-electron chi connectivity index (χ1n) is 5.10. The van der Waals surface area contributed by atoms with E-state index in [9.17, 15) is 4.79 Å². The van der Waals surface area contributed by atoms with Crippen LogP contribution in [0.3, 0.4) is 0 Å². The molecule has 0 fully saturated rings. The molecule has 0 heterocycles. The van der Waals surface area contributed by atoms with Gasteiger partial charge < -0.3 is 0 Å². The van der Waals surface area contributed by atoms with Crippen molar-refractivity contribution >= 4 is 6.08 Å². The zero-order valence-electron chi connectivity index (χ0n) is 9.10. The topological polar surface area (TPSA) is 29.4 Å². The molecule has 0 atom stereocenters. The molecule has 13 heavy (non-hydrogen) atoms. The smallest absolute Gasteiger partial charge is 0.211 e.